The molecule has 35 heteroatoms. The molecule has 0 saturated heterocycles. The van der Waals surface area contributed by atoms with Crippen LogP contribution in [0, 0.1) is 10.8 Å². The summed E-state index contributed by atoms with van der Waals surface area (Å²) in [5, 5.41) is 85.3. The van der Waals surface area contributed by atoms with E-state index in [4.69, 9.17) is 18.9 Å². The van der Waals surface area contributed by atoms with Crippen molar-refractivity contribution in [1.29, 1.82) is 0 Å². The zero-order valence-corrected chi connectivity index (χ0v) is 74.8. The topological polar surface area (TPSA) is 464 Å². The van der Waals surface area contributed by atoms with Gasteiger partial charge in [-0.25, -0.2) is 19.2 Å². The lowest BCUT2D eigenvalue weighted by Gasteiger charge is -2.26. The van der Waals surface area contributed by atoms with Crippen LogP contribution in [0.3, 0.4) is 0 Å². The fraction of sp³-hybridized carbons (Fsp3) is 0.416. The maximum absolute atomic E-state index is 12.8. The SMILES string of the molecule is CC(C)(C)CC(=O)c1ccc(-c2nnc(-c3ccccc3)nn2)c(NC(=O)OC(C)(C)C)c1.CC(C)(C)NC(=O)C(CNC(=O)OC(C)(C)C)c1nnc(-c2ccccc2)nn1.CC(C)(C)NC(=O)C(Cc1nnc(-c2ccccc2)nn1)NC(=O)OC(C)(C)C.CC(C)(C)OC(=O)Nc1cc(NC(=O)C(C)(C)C)ccc1-c1nnc(-c2ccccc2)nn1. The van der Waals surface area contributed by atoms with Crippen molar-refractivity contribution in [3.8, 4) is 68.3 Å². The number of hydrogen-bond donors (Lipinski definition) is 7. The Balaban J connectivity index is 0.000000228. The van der Waals surface area contributed by atoms with Gasteiger partial charge in [-0.15, -0.1) is 81.6 Å². The molecular weight excluding hydrogens is 1580 g/mol. The van der Waals surface area contributed by atoms with Crippen LogP contribution in [0.1, 0.15) is 201 Å². The van der Waals surface area contributed by atoms with Gasteiger partial charge in [-0.2, -0.15) is 0 Å². The number of Topliss-reactive ketones (excluding diaryl/α,β-unsaturated/α-hetero) is 1. The van der Waals surface area contributed by atoms with Gasteiger partial charge in [0, 0.05) is 80.5 Å². The van der Waals surface area contributed by atoms with Crippen LogP contribution in [0.4, 0.5) is 36.2 Å². The van der Waals surface area contributed by atoms with Gasteiger partial charge in [0.05, 0.1) is 11.4 Å². The smallest absolute Gasteiger partial charge is 0.412 e. The lowest BCUT2D eigenvalue weighted by molar-refractivity contribution is -0.125. The van der Waals surface area contributed by atoms with E-state index in [-0.39, 0.29) is 65.2 Å². The standard InChI is InChI=1S/C25H29N5O3.C24H28N6O3.2C20H28N6O3/c1-24(2,3)15-20(31)17-12-13-18(19(14-17)26-23(32)33-25(4,5)6)22-29-27-21(28-30-22)16-10-8-7-9-11-16;1-23(2,3)21(31)25-16-12-13-17(18(14-16)26-22(32)33-24(4,5)6)20-29-27-19(28-30-20)15-10-8-7-9-11-15;1-19(2,3)22-17(27)14(12-21-18(28)29-20(4,5)6)16-25-23-15(24-26-16)13-10-8-7-9-11-13;1-19(2,3)22-17(27)14(21-18(28)29-20(4,5)6)12-15-23-25-16(26-24-15)13-10-8-7-9-11-13/h7-14H,15H2,1-6H3,(H,26,32);7-14H,1-6H3,(H,25,31)(H,26,32);2*7-11,14H,12H2,1-6H3,(H,21,28)(H,22,27). The molecule has 10 rings (SSSR count). The van der Waals surface area contributed by atoms with Crippen LogP contribution in [0.5, 0.6) is 0 Å². The van der Waals surface area contributed by atoms with E-state index in [0.29, 0.717) is 63.5 Å². The first-order valence-corrected chi connectivity index (χ1v) is 39.9. The van der Waals surface area contributed by atoms with E-state index >= 15 is 0 Å². The van der Waals surface area contributed by atoms with E-state index in [1.165, 1.54) is 0 Å². The molecule has 7 N–H and O–H groups in total. The van der Waals surface area contributed by atoms with Crippen LogP contribution in [0.2, 0.25) is 0 Å². The molecular formula is C89H113N23O12. The van der Waals surface area contributed by atoms with Crippen LogP contribution >= 0.6 is 0 Å². The summed E-state index contributed by atoms with van der Waals surface area (Å²) < 4.78 is 21.2. The third-order valence-electron chi connectivity index (χ3n) is 15.7. The second kappa shape index (κ2) is 42.2. The average molecular weight is 1700 g/mol. The van der Waals surface area contributed by atoms with Gasteiger partial charge in [0.25, 0.3) is 0 Å². The molecule has 0 spiro atoms. The zero-order valence-electron chi connectivity index (χ0n) is 74.8. The number of hydrogen-bond acceptors (Lipinski definition) is 28. The van der Waals surface area contributed by atoms with E-state index in [0.717, 1.165) is 22.3 Å². The van der Waals surface area contributed by atoms with Gasteiger partial charge < -0.3 is 45.5 Å². The number of ketones is 1. The Kier molecular flexibility index (Phi) is 33.1. The van der Waals surface area contributed by atoms with Gasteiger partial charge in [0.15, 0.2) is 17.4 Å². The van der Waals surface area contributed by atoms with Crippen LogP contribution in [-0.4, -0.2) is 176 Å². The van der Waals surface area contributed by atoms with Crippen LogP contribution in [-0.2, 0) is 39.8 Å². The molecule has 2 unspecified atom stereocenters. The van der Waals surface area contributed by atoms with Crippen LogP contribution in [0.15, 0.2) is 158 Å². The predicted molar refractivity (Wildman–Crippen MR) is 469 cm³/mol. The van der Waals surface area contributed by atoms with Gasteiger partial charge in [-0.05, 0) is 160 Å². The zero-order chi connectivity index (χ0) is 91.8. The summed E-state index contributed by atoms with van der Waals surface area (Å²) in [5.41, 5.74) is 1.38. The van der Waals surface area contributed by atoms with Crippen LogP contribution in [0.25, 0.3) is 68.3 Å². The van der Waals surface area contributed by atoms with Crippen molar-refractivity contribution in [2.45, 2.75) is 224 Å². The van der Waals surface area contributed by atoms with Crippen molar-refractivity contribution >= 4 is 64.9 Å². The highest BCUT2D eigenvalue weighted by atomic mass is 16.6. The lowest BCUT2D eigenvalue weighted by Crippen LogP contribution is -2.53. The fourth-order valence-corrected chi connectivity index (χ4v) is 10.4. The van der Waals surface area contributed by atoms with Crippen molar-refractivity contribution in [2.75, 3.05) is 22.5 Å². The molecule has 6 aromatic carbocycles. The van der Waals surface area contributed by atoms with Gasteiger partial charge in [-0.3, -0.25) is 29.8 Å². The van der Waals surface area contributed by atoms with E-state index in [1.54, 1.807) is 119 Å². The summed E-state index contributed by atoms with van der Waals surface area (Å²) in [6.07, 6.45) is -2.24. The average Bonchev–Trinajstić information content (AvgIpc) is 0.806. The second-order valence-corrected chi connectivity index (χ2v) is 36.7. The Morgan fingerprint density at radius 1 is 0.347 bits per heavy atom. The Bertz CT molecular complexity index is 5220. The van der Waals surface area contributed by atoms with Crippen molar-refractivity contribution < 1.29 is 57.3 Å². The minimum Gasteiger partial charge on any atom is -0.444 e. The number of alkyl carbamates (subject to hydrolysis) is 2. The largest absolute Gasteiger partial charge is 0.444 e. The molecule has 0 bridgehead atoms. The highest BCUT2D eigenvalue weighted by molar-refractivity contribution is 6.01. The fourth-order valence-electron chi connectivity index (χ4n) is 10.4. The van der Waals surface area contributed by atoms with E-state index in [1.807, 2.05) is 204 Å². The summed E-state index contributed by atoms with van der Waals surface area (Å²) in [6.45, 7) is 43.7. The minimum absolute atomic E-state index is 0.0240. The minimum atomic E-state index is -0.935. The molecule has 2 atom stereocenters. The Morgan fingerprint density at radius 3 is 1.06 bits per heavy atom. The maximum atomic E-state index is 12.8. The number of amides is 7. The molecule has 10 aromatic rings. The van der Waals surface area contributed by atoms with Crippen molar-refractivity contribution in [3.63, 3.8) is 0 Å². The summed E-state index contributed by atoms with van der Waals surface area (Å²) in [6, 6.07) is 46.4. The second-order valence-electron chi connectivity index (χ2n) is 36.7. The maximum Gasteiger partial charge on any atom is 0.412 e. The lowest BCUT2D eigenvalue weighted by atomic mass is 9.87. The summed E-state index contributed by atoms with van der Waals surface area (Å²) in [7, 11) is 0. The van der Waals surface area contributed by atoms with Crippen molar-refractivity contribution in [3.05, 3.63) is 175 Å². The Labute approximate surface area is 722 Å². The number of ether oxygens (including phenoxy) is 4. The predicted octanol–water partition coefficient (Wildman–Crippen LogP) is 15.2. The highest BCUT2D eigenvalue weighted by Gasteiger charge is 2.33. The number of rotatable bonds is 19. The van der Waals surface area contributed by atoms with E-state index < -0.39 is 75.2 Å². The van der Waals surface area contributed by atoms with Crippen molar-refractivity contribution in [1.82, 2.24) is 103 Å². The molecule has 0 aliphatic carbocycles. The molecule has 35 nitrogen and oxygen atoms in total. The van der Waals surface area contributed by atoms with Crippen molar-refractivity contribution in [2.24, 2.45) is 10.8 Å². The third-order valence-corrected chi connectivity index (χ3v) is 15.7. The number of carbonyl (C=O) groups is 8. The number of nitrogens with one attached hydrogen (secondary N) is 7. The summed E-state index contributed by atoms with van der Waals surface area (Å²) in [4.78, 5) is 99.7. The van der Waals surface area contributed by atoms with Gasteiger partial charge in [0.1, 0.15) is 34.4 Å². The first-order valence-electron chi connectivity index (χ1n) is 39.9. The molecule has 7 amide bonds. The van der Waals surface area contributed by atoms with Gasteiger partial charge in [0.2, 0.25) is 52.7 Å². The summed E-state index contributed by atoms with van der Waals surface area (Å²) in [5.74, 6) is 0.503. The number of carbonyl (C=O) groups excluding carboxylic acids is 8. The normalized spacial score (nSPS) is 12.2. The first kappa shape index (κ1) is 97.4. The molecule has 656 valence electrons. The van der Waals surface area contributed by atoms with Gasteiger partial charge >= 0.3 is 24.4 Å². The summed E-state index contributed by atoms with van der Waals surface area (Å²) >= 11 is 0. The highest BCUT2D eigenvalue weighted by Crippen LogP contribution is 2.33. The first-order chi connectivity index (χ1) is 57.7. The molecule has 0 aliphatic heterocycles. The third kappa shape index (κ3) is 34.4. The van der Waals surface area contributed by atoms with Crippen LogP contribution < -0.4 is 37.2 Å². The number of nitrogens with zero attached hydrogens (tertiary/aromatic N) is 16. The molecule has 0 saturated carbocycles. The Hall–Kier alpha value is -13.8. The Morgan fingerprint density at radius 2 is 0.685 bits per heavy atom. The molecule has 0 aliphatic rings. The quantitative estimate of drug-likeness (QED) is 0.0292. The monoisotopic (exact) mass is 1700 g/mol. The van der Waals surface area contributed by atoms with Gasteiger partial charge in [-0.1, -0.05) is 169 Å². The van der Waals surface area contributed by atoms with E-state index in [2.05, 4.69) is 119 Å². The van der Waals surface area contributed by atoms with E-state index in [9.17, 15) is 38.4 Å². The molecule has 124 heavy (non-hydrogen) atoms. The number of benzene rings is 6. The molecule has 0 radical (unpaired) electrons. The molecule has 4 heterocycles. The molecule has 4 aromatic heterocycles. The molecule has 0 fully saturated rings. The number of anilines is 3. The number of aromatic nitrogens is 16.